The normalized spacial score (nSPS) is 16.9. The van der Waals surface area contributed by atoms with Crippen molar-refractivity contribution in [2.24, 2.45) is 5.73 Å². The van der Waals surface area contributed by atoms with E-state index in [2.05, 4.69) is 0 Å². The zero-order valence-corrected chi connectivity index (χ0v) is 16.3. The summed E-state index contributed by atoms with van der Waals surface area (Å²) in [6.07, 6.45) is 6.70. The number of methoxy groups -OCH3 is 1. The first-order valence-electron chi connectivity index (χ1n) is 9.77. The van der Waals surface area contributed by atoms with E-state index in [-0.39, 0.29) is 22.7 Å². The Morgan fingerprint density at radius 2 is 2.07 bits per heavy atom. The van der Waals surface area contributed by atoms with Gasteiger partial charge >= 0.3 is 5.97 Å². The number of rotatable bonds is 5. The van der Waals surface area contributed by atoms with Crippen LogP contribution in [-0.4, -0.2) is 42.4 Å². The summed E-state index contributed by atoms with van der Waals surface area (Å²) in [5.74, 6) is -1.61. The van der Waals surface area contributed by atoms with Gasteiger partial charge in [-0.05, 0) is 31.7 Å². The number of piperidine rings is 1. The van der Waals surface area contributed by atoms with Crippen LogP contribution in [0.15, 0.2) is 28.7 Å². The summed E-state index contributed by atoms with van der Waals surface area (Å²) in [5, 5.41) is 9.45. The molecule has 1 aliphatic carbocycles. The quantitative estimate of drug-likeness (QED) is 0.748. The molecule has 1 aromatic carbocycles. The molecular weight excluding hydrogens is 377 g/mol. The van der Waals surface area contributed by atoms with Crippen LogP contribution in [0.5, 0.6) is 5.75 Å². The Morgan fingerprint density at radius 3 is 2.62 bits per heavy atom. The lowest BCUT2D eigenvalue weighted by Crippen LogP contribution is -2.32. The molecule has 2 heterocycles. The number of fused-ring (bicyclic) bond motifs is 1. The maximum Gasteiger partial charge on any atom is 0.341 e. The SMILES string of the molecule is COc1c(N2CCC(=CCN)CC2)c(F)cc2c(=O)c(C(=O)O)cn(C3CC3)c12. The van der Waals surface area contributed by atoms with Crippen LogP contribution in [0, 0.1) is 5.82 Å². The topological polar surface area (TPSA) is 97.8 Å². The number of hydrogen-bond donors (Lipinski definition) is 2. The third-order valence-corrected chi connectivity index (χ3v) is 5.70. The highest BCUT2D eigenvalue weighted by Crippen LogP contribution is 2.44. The molecule has 2 aliphatic rings. The molecule has 4 rings (SSSR count). The summed E-state index contributed by atoms with van der Waals surface area (Å²) in [5.41, 5.74) is 6.58. The highest BCUT2D eigenvalue weighted by Gasteiger charge is 2.31. The first-order valence-corrected chi connectivity index (χ1v) is 9.77. The Labute approximate surface area is 167 Å². The summed E-state index contributed by atoms with van der Waals surface area (Å²) in [4.78, 5) is 26.2. The highest BCUT2D eigenvalue weighted by atomic mass is 19.1. The van der Waals surface area contributed by atoms with Gasteiger partial charge in [-0.25, -0.2) is 9.18 Å². The third-order valence-electron chi connectivity index (χ3n) is 5.70. The fourth-order valence-corrected chi connectivity index (χ4v) is 4.11. The molecule has 154 valence electrons. The predicted molar refractivity (Wildman–Crippen MR) is 109 cm³/mol. The molecule has 29 heavy (non-hydrogen) atoms. The van der Waals surface area contributed by atoms with Crippen LogP contribution in [0.4, 0.5) is 10.1 Å². The van der Waals surface area contributed by atoms with Gasteiger partial charge in [0.2, 0.25) is 5.43 Å². The molecule has 1 saturated heterocycles. The van der Waals surface area contributed by atoms with Gasteiger partial charge < -0.3 is 25.0 Å². The zero-order valence-electron chi connectivity index (χ0n) is 16.3. The minimum atomic E-state index is -1.31. The number of aromatic carboxylic acids is 1. The number of halogens is 1. The van der Waals surface area contributed by atoms with Gasteiger partial charge in [0.1, 0.15) is 11.3 Å². The van der Waals surface area contributed by atoms with Gasteiger partial charge in [-0.15, -0.1) is 0 Å². The molecule has 1 aliphatic heterocycles. The maximum absolute atomic E-state index is 15.2. The van der Waals surface area contributed by atoms with Gasteiger partial charge in [0.05, 0.1) is 18.0 Å². The molecule has 0 unspecified atom stereocenters. The second-order valence-electron chi connectivity index (χ2n) is 7.54. The maximum atomic E-state index is 15.2. The van der Waals surface area contributed by atoms with Crippen molar-refractivity contribution in [1.82, 2.24) is 4.57 Å². The van der Waals surface area contributed by atoms with E-state index in [1.165, 1.54) is 18.9 Å². The molecule has 8 heteroatoms. The number of hydrogen-bond acceptors (Lipinski definition) is 5. The first kappa shape index (κ1) is 19.4. The number of carbonyl (C=O) groups is 1. The van der Waals surface area contributed by atoms with E-state index in [4.69, 9.17) is 10.5 Å². The van der Waals surface area contributed by atoms with Crippen molar-refractivity contribution in [3.63, 3.8) is 0 Å². The fourth-order valence-electron chi connectivity index (χ4n) is 4.11. The monoisotopic (exact) mass is 401 g/mol. The Hall–Kier alpha value is -2.87. The van der Waals surface area contributed by atoms with Crippen LogP contribution in [0.25, 0.3) is 10.9 Å². The fraction of sp³-hybridized carbons (Fsp3) is 0.429. The Bertz CT molecular complexity index is 1060. The number of ether oxygens (including phenoxy) is 1. The lowest BCUT2D eigenvalue weighted by Gasteiger charge is -2.32. The number of anilines is 1. The largest absolute Gasteiger partial charge is 0.492 e. The van der Waals surface area contributed by atoms with Crippen molar-refractivity contribution in [2.45, 2.75) is 31.7 Å². The van der Waals surface area contributed by atoms with E-state index in [9.17, 15) is 14.7 Å². The summed E-state index contributed by atoms with van der Waals surface area (Å²) in [6.45, 7) is 1.72. The Balaban J connectivity index is 1.91. The highest BCUT2D eigenvalue weighted by molar-refractivity contribution is 5.97. The molecule has 2 fully saturated rings. The van der Waals surface area contributed by atoms with Crippen molar-refractivity contribution >= 4 is 22.6 Å². The van der Waals surface area contributed by atoms with Crippen LogP contribution in [0.2, 0.25) is 0 Å². The zero-order chi connectivity index (χ0) is 20.7. The number of aromatic nitrogens is 1. The molecule has 0 radical (unpaired) electrons. The van der Waals surface area contributed by atoms with Crippen molar-refractivity contribution in [1.29, 1.82) is 0 Å². The van der Waals surface area contributed by atoms with E-state index in [0.29, 0.717) is 30.8 Å². The minimum absolute atomic E-state index is 0.0376. The van der Waals surface area contributed by atoms with Gasteiger partial charge in [0.25, 0.3) is 0 Å². The van der Waals surface area contributed by atoms with Crippen LogP contribution >= 0.6 is 0 Å². The van der Waals surface area contributed by atoms with Gasteiger partial charge in [0.15, 0.2) is 11.6 Å². The summed E-state index contributed by atoms with van der Waals surface area (Å²) in [6, 6.07) is 1.25. The van der Waals surface area contributed by atoms with E-state index in [1.54, 1.807) is 4.57 Å². The van der Waals surface area contributed by atoms with E-state index in [1.807, 2.05) is 11.0 Å². The lowest BCUT2D eigenvalue weighted by molar-refractivity contribution is 0.0695. The average Bonchev–Trinajstić information content (AvgIpc) is 3.54. The second kappa shape index (κ2) is 7.51. The number of carboxylic acid groups (broad SMARTS) is 1. The van der Waals surface area contributed by atoms with E-state index >= 15 is 4.39 Å². The van der Waals surface area contributed by atoms with Gasteiger partial charge in [-0.2, -0.15) is 0 Å². The molecule has 2 aromatic rings. The van der Waals surface area contributed by atoms with Crippen LogP contribution in [0.3, 0.4) is 0 Å². The molecular formula is C21H24FN3O4. The number of nitrogens with zero attached hydrogens (tertiary/aromatic N) is 2. The number of carboxylic acids is 1. The number of benzene rings is 1. The molecule has 0 spiro atoms. The molecule has 1 saturated carbocycles. The first-order chi connectivity index (χ1) is 14.0. The van der Waals surface area contributed by atoms with Crippen molar-refractivity contribution < 1.29 is 19.0 Å². The molecule has 1 aromatic heterocycles. The molecule has 0 amide bonds. The Morgan fingerprint density at radius 1 is 1.38 bits per heavy atom. The molecule has 7 nitrogen and oxygen atoms in total. The Kier molecular flexibility index (Phi) is 5.04. The average molecular weight is 401 g/mol. The van der Waals surface area contributed by atoms with Crippen molar-refractivity contribution in [3.05, 3.63) is 45.5 Å². The van der Waals surface area contributed by atoms with Crippen molar-refractivity contribution in [2.75, 3.05) is 31.6 Å². The molecule has 0 bridgehead atoms. The van der Waals surface area contributed by atoms with Gasteiger partial charge in [0, 0.05) is 31.9 Å². The molecule has 3 N–H and O–H groups in total. The van der Waals surface area contributed by atoms with Gasteiger partial charge in [-0.3, -0.25) is 4.79 Å². The van der Waals surface area contributed by atoms with Crippen LogP contribution < -0.4 is 20.8 Å². The summed E-state index contributed by atoms with van der Waals surface area (Å²) in [7, 11) is 1.45. The number of pyridine rings is 1. The van der Waals surface area contributed by atoms with E-state index < -0.39 is 17.2 Å². The lowest BCUT2D eigenvalue weighted by atomic mass is 10.0. The predicted octanol–water partition coefficient (Wildman–Crippen LogP) is 2.67. The second-order valence-corrected chi connectivity index (χ2v) is 7.54. The smallest absolute Gasteiger partial charge is 0.341 e. The summed E-state index contributed by atoms with van der Waals surface area (Å²) < 4.78 is 22.6. The standard InChI is InChI=1S/C21H24FN3O4/c1-29-20-17-14(19(26)15(21(27)28)11-25(17)13-2-3-13)10-16(22)18(20)24-8-5-12(4-7-23)6-9-24/h4,10-11,13H,2-3,5-9,23H2,1H3,(H,27,28). The third kappa shape index (κ3) is 3.37. The van der Waals surface area contributed by atoms with Gasteiger partial charge in [-0.1, -0.05) is 11.6 Å². The van der Waals surface area contributed by atoms with Crippen molar-refractivity contribution in [3.8, 4) is 5.75 Å². The number of nitrogens with two attached hydrogens (primary N) is 1. The van der Waals surface area contributed by atoms with E-state index in [0.717, 1.165) is 31.7 Å². The van der Waals surface area contributed by atoms with Crippen LogP contribution in [-0.2, 0) is 0 Å². The summed E-state index contributed by atoms with van der Waals surface area (Å²) >= 11 is 0. The van der Waals surface area contributed by atoms with Crippen LogP contribution in [0.1, 0.15) is 42.1 Å². The minimum Gasteiger partial charge on any atom is -0.492 e. The molecule has 0 atom stereocenters.